The molecule has 0 aliphatic heterocycles. The van der Waals surface area contributed by atoms with Gasteiger partial charge in [-0.25, -0.2) is 0 Å². The van der Waals surface area contributed by atoms with Crippen molar-refractivity contribution in [2.45, 2.75) is 19.8 Å². The molecule has 0 radical (unpaired) electrons. The van der Waals surface area contributed by atoms with Gasteiger partial charge in [-0.05, 0) is 23.6 Å². The van der Waals surface area contributed by atoms with E-state index in [0.29, 0.717) is 5.52 Å². The Labute approximate surface area is 109 Å². The van der Waals surface area contributed by atoms with E-state index >= 15 is 0 Å². The average molecular weight is 254 g/mol. The Bertz CT molecular complexity index is 836. The van der Waals surface area contributed by atoms with Gasteiger partial charge in [-0.1, -0.05) is 13.8 Å². The summed E-state index contributed by atoms with van der Waals surface area (Å²) in [5, 5.41) is 0.887. The van der Waals surface area contributed by atoms with Crippen molar-refractivity contribution in [2.75, 3.05) is 5.73 Å². The van der Waals surface area contributed by atoms with Crippen molar-refractivity contribution >= 4 is 27.6 Å². The number of hydrogen-bond acceptors (Lipinski definition) is 4. The van der Waals surface area contributed by atoms with Crippen molar-refractivity contribution in [3.63, 3.8) is 0 Å². The van der Waals surface area contributed by atoms with Crippen LogP contribution in [0.2, 0.25) is 0 Å². The number of nitrogens with one attached hydrogen (secondary N) is 1. The number of nitrogens with zero attached hydrogens (tertiary/aromatic N) is 2. The standard InChI is InChI=1S/C14H14N4O/c1-7(2)10-11-9(18-14(19)12(10)15)6-17-8-4-3-5-16-13(8)11/h3-7H,15H2,1-2H3,(H,18,19). The summed E-state index contributed by atoms with van der Waals surface area (Å²) in [6, 6.07) is 3.73. The summed E-state index contributed by atoms with van der Waals surface area (Å²) in [7, 11) is 0. The smallest absolute Gasteiger partial charge is 0.271 e. The van der Waals surface area contributed by atoms with Crippen molar-refractivity contribution in [3.8, 4) is 0 Å². The normalized spacial score (nSPS) is 11.5. The van der Waals surface area contributed by atoms with Crippen LogP contribution in [0.3, 0.4) is 0 Å². The van der Waals surface area contributed by atoms with Gasteiger partial charge in [0.2, 0.25) is 0 Å². The Kier molecular flexibility index (Phi) is 2.48. The maximum absolute atomic E-state index is 11.9. The Morgan fingerprint density at radius 3 is 2.84 bits per heavy atom. The highest BCUT2D eigenvalue weighted by atomic mass is 16.1. The van der Waals surface area contributed by atoms with Gasteiger partial charge in [0.05, 0.1) is 22.7 Å². The highest BCUT2D eigenvalue weighted by molar-refractivity contribution is 6.05. The van der Waals surface area contributed by atoms with Gasteiger partial charge in [-0.3, -0.25) is 14.8 Å². The fraction of sp³-hybridized carbons (Fsp3) is 0.214. The van der Waals surface area contributed by atoms with E-state index in [2.05, 4.69) is 15.0 Å². The molecule has 3 aromatic heterocycles. The molecule has 19 heavy (non-hydrogen) atoms. The fourth-order valence-electron chi connectivity index (χ4n) is 2.43. The maximum atomic E-state index is 11.9. The first-order valence-electron chi connectivity index (χ1n) is 6.14. The first-order valence-corrected chi connectivity index (χ1v) is 6.14. The van der Waals surface area contributed by atoms with Gasteiger partial charge < -0.3 is 10.7 Å². The molecule has 0 bridgehead atoms. The number of hydrogen-bond donors (Lipinski definition) is 2. The largest absolute Gasteiger partial charge is 0.394 e. The quantitative estimate of drug-likeness (QED) is 0.652. The molecule has 0 unspecified atom stereocenters. The van der Waals surface area contributed by atoms with Crippen molar-refractivity contribution in [3.05, 3.63) is 40.4 Å². The number of nitrogens with two attached hydrogens (primary N) is 1. The van der Waals surface area contributed by atoms with Crippen molar-refractivity contribution < 1.29 is 0 Å². The first kappa shape index (κ1) is 11.6. The molecular formula is C14H14N4O. The Morgan fingerprint density at radius 1 is 1.32 bits per heavy atom. The lowest BCUT2D eigenvalue weighted by atomic mass is 9.97. The molecule has 5 nitrogen and oxygen atoms in total. The summed E-state index contributed by atoms with van der Waals surface area (Å²) in [6.07, 6.45) is 3.38. The predicted molar refractivity (Wildman–Crippen MR) is 76.2 cm³/mol. The fourth-order valence-corrected chi connectivity index (χ4v) is 2.43. The second-order valence-electron chi connectivity index (χ2n) is 4.85. The third-order valence-corrected chi connectivity index (χ3v) is 3.25. The van der Waals surface area contributed by atoms with Crippen LogP contribution in [0.15, 0.2) is 29.3 Å². The van der Waals surface area contributed by atoms with E-state index < -0.39 is 0 Å². The number of H-pyrrole nitrogens is 1. The van der Waals surface area contributed by atoms with Crippen molar-refractivity contribution in [1.29, 1.82) is 0 Å². The molecule has 0 spiro atoms. The highest BCUT2D eigenvalue weighted by Crippen LogP contribution is 2.30. The minimum Gasteiger partial charge on any atom is -0.394 e. The first-order chi connectivity index (χ1) is 9.09. The monoisotopic (exact) mass is 254 g/mol. The number of aromatic amines is 1. The molecule has 0 amide bonds. The summed E-state index contributed by atoms with van der Waals surface area (Å²) in [5.41, 5.74) is 9.02. The van der Waals surface area contributed by atoms with E-state index in [-0.39, 0.29) is 17.2 Å². The molecular weight excluding hydrogens is 240 g/mol. The Morgan fingerprint density at radius 2 is 2.11 bits per heavy atom. The van der Waals surface area contributed by atoms with Crippen molar-refractivity contribution in [1.82, 2.24) is 15.0 Å². The van der Waals surface area contributed by atoms with Crippen LogP contribution < -0.4 is 11.3 Å². The zero-order valence-electron chi connectivity index (χ0n) is 10.8. The molecule has 3 heterocycles. The molecule has 3 N–H and O–H groups in total. The lowest BCUT2D eigenvalue weighted by Gasteiger charge is -2.13. The minimum absolute atomic E-state index is 0.136. The van der Waals surface area contributed by atoms with Crippen molar-refractivity contribution in [2.24, 2.45) is 0 Å². The third-order valence-electron chi connectivity index (χ3n) is 3.25. The molecule has 3 rings (SSSR count). The number of pyridine rings is 3. The Balaban J connectivity index is 2.64. The SMILES string of the molecule is CC(C)c1c(N)c(=O)[nH]c2cnc3cccnc3c12. The topological polar surface area (TPSA) is 84.7 Å². The lowest BCUT2D eigenvalue weighted by Crippen LogP contribution is -2.16. The number of fused-ring (bicyclic) bond motifs is 3. The van der Waals surface area contributed by atoms with E-state index in [1.165, 1.54) is 0 Å². The number of rotatable bonds is 1. The van der Waals surface area contributed by atoms with Crippen LogP contribution >= 0.6 is 0 Å². The number of aromatic nitrogens is 3. The number of nitrogen functional groups attached to an aromatic ring is 1. The molecule has 0 atom stereocenters. The van der Waals surface area contributed by atoms with E-state index in [0.717, 1.165) is 22.0 Å². The zero-order chi connectivity index (χ0) is 13.6. The van der Waals surface area contributed by atoms with Crippen LogP contribution in [0.25, 0.3) is 21.9 Å². The summed E-state index contributed by atoms with van der Waals surface area (Å²) >= 11 is 0. The molecule has 0 fully saturated rings. The Hall–Kier alpha value is -2.43. The van der Waals surface area contributed by atoms with Crippen LogP contribution in [0.5, 0.6) is 0 Å². The van der Waals surface area contributed by atoms with E-state index in [4.69, 9.17) is 5.73 Å². The van der Waals surface area contributed by atoms with Gasteiger partial charge in [0.25, 0.3) is 5.56 Å². The van der Waals surface area contributed by atoms with Crippen LogP contribution in [-0.4, -0.2) is 15.0 Å². The van der Waals surface area contributed by atoms with Crippen LogP contribution in [0, 0.1) is 0 Å². The molecule has 0 saturated heterocycles. The lowest BCUT2D eigenvalue weighted by molar-refractivity contribution is 0.876. The summed E-state index contributed by atoms with van der Waals surface area (Å²) in [4.78, 5) is 23.3. The third kappa shape index (κ3) is 1.66. The van der Waals surface area contributed by atoms with Gasteiger partial charge in [-0.15, -0.1) is 0 Å². The second kappa shape index (κ2) is 4.05. The molecule has 0 aliphatic rings. The molecule has 3 aromatic rings. The second-order valence-corrected chi connectivity index (χ2v) is 4.85. The number of anilines is 1. The molecule has 5 heteroatoms. The van der Waals surface area contributed by atoms with Gasteiger partial charge in [0, 0.05) is 11.6 Å². The van der Waals surface area contributed by atoms with E-state index in [1.54, 1.807) is 12.4 Å². The van der Waals surface area contributed by atoms with Gasteiger partial charge in [0.1, 0.15) is 5.69 Å². The van der Waals surface area contributed by atoms with Gasteiger partial charge in [-0.2, -0.15) is 0 Å². The van der Waals surface area contributed by atoms with Crippen LogP contribution in [-0.2, 0) is 0 Å². The highest BCUT2D eigenvalue weighted by Gasteiger charge is 2.16. The summed E-state index contributed by atoms with van der Waals surface area (Å²) in [6.45, 7) is 4.03. The molecule has 0 aromatic carbocycles. The average Bonchev–Trinajstić information content (AvgIpc) is 2.39. The summed E-state index contributed by atoms with van der Waals surface area (Å²) < 4.78 is 0. The van der Waals surface area contributed by atoms with Crippen LogP contribution in [0.4, 0.5) is 5.69 Å². The molecule has 0 aliphatic carbocycles. The van der Waals surface area contributed by atoms with Gasteiger partial charge >= 0.3 is 0 Å². The summed E-state index contributed by atoms with van der Waals surface area (Å²) in [5.74, 6) is 0.136. The van der Waals surface area contributed by atoms with Crippen LogP contribution in [0.1, 0.15) is 25.3 Å². The minimum atomic E-state index is -0.270. The molecule has 96 valence electrons. The van der Waals surface area contributed by atoms with E-state index in [9.17, 15) is 4.79 Å². The maximum Gasteiger partial charge on any atom is 0.271 e. The predicted octanol–water partition coefficient (Wildman–Crippen LogP) is 2.18. The van der Waals surface area contributed by atoms with E-state index in [1.807, 2.05) is 26.0 Å². The van der Waals surface area contributed by atoms with Gasteiger partial charge in [0.15, 0.2) is 0 Å². The zero-order valence-corrected chi connectivity index (χ0v) is 10.8. The molecule has 0 saturated carbocycles.